The molecule has 0 spiro atoms. The summed E-state index contributed by atoms with van der Waals surface area (Å²) >= 11 is 0. The summed E-state index contributed by atoms with van der Waals surface area (Å²) in [6, 6.07) is 1.89. The van der Waals surface area contributed by atoms with E-state index in [1.807, 2.05) is 19.9 Å². The SMILES string of the molecule is CC(C)c1ccncc1C(C)C(=O)O. The minimum absolute atomic E-state index is 0.329. The Kier molecular flexibility index (Phi) is 3.23. The first-order valence-corrected chi connectivity index (χ1v) is 4.70. The van der Waals surface area contributed by atoms with Crippen LogP contribution in [-0.2, 0) is 4.79 Å². The molecule has 14 heavy (non-hydrogen) atoms. The predicted molar refractivity (Wildman–Crippen MR) is 54.4 cm³/mol. The number of carboxylic acids is 1. The van der Waals surface area contributed by atoms with Gasteiger partial charge < -0.3 is 5.11 Å². The number of hydrogen-bond acceptors (Lipinski definition) is 2. The van der Waals surface area contributed by atoms with E-state index >= 15 is 0 Å². The fourth-order valence-electron chi connectivity index (χ4n) is 1.44. The van der Waals surface area contributed by atoms with E-state index in [9.17, 15) is 4.79 Å². The van der Waals surface area contributed by atoms with Crippen molar-refractivity contribution in [1.82, 2.24) is 4.98 Å². The van der Waals surface area contributed by atoms with Gasteiger partial charge in [0.2, 0.25) is 0 Å². The number of hydrogen-bond donors (Lipinski definition) is 1. The van der Waals surface area contributed by atoms with Gasteiger partial charge in [0.05, 0.1) is 5.92 Å². The lowest BCUT2D eigenvalue weighted by atomic mass is 9.92. The van der Waals surface area contributed by atoms with Crippen molar-refractivity contribution in [2.75, 3.05) is 0 Å². The van der Waals surface area contributed by atoms with E-state index < -0.39 is 11.9 Å². The summed E-state index contributed by atoms with van der Waals surface area (Å²) in [6.07, 6.45) is 3.35. The number of carbonyl (C=O) groups is 1. The molecule has 1 atom stereocenters. The van der Waals surface area contributed by atoms with Gasteiger partial charge in [-0.25, -0.2) is 0 Å². The molecule has 0 saturated heterocycles. The highest BCUT2D eigenvalue weighted by molar-refractivity contribution is 5.76. The Balaban J connectivity index is 3.13. The van der Waals surface area contributed by atoms with Crippen LogP contribution in [0.4, 0.5) is 0 Å². The van der Waals surface area contributed by atoms with E-state index in [2.05, 4.69) is 4.98 Å². The highest BCUT2D eigenvalue weighted by Gasteiger charge is 2.18. The van der Waals surface area contributed by atoms with Crippen molar-refractivity contribution < 1.29 is 9.90 Å². The minimum Gasteiger partial charge on any atom is -0.481 e. The van der Waals surface area contributed by atoms with Crippen LogP contribution in [0.15, 0.2) is 18.5 Å². The number of carboxylic acid groups (broad SMARTS) is 1. The summed E-state index contributed by atoms with van der Waals surface area (Å²) in [7, 11) is 0. The van der Waals surface area contributed by atoms with Gasteiger partial charge in [-0.3, -0.25) is 9.78 Å². The smallest absolute Gasteiger partial charge is 0.310 e. The Morgan fingerprint density at radius 3 is 2.50 bits per heavy atom. The molecule has 1 aromatic rings. The van der Waals surface area contributed by atoms with Crippen molar-refractivity contribution in [3.8, 4) is 0 Å². The number of aliphatic carboxylic acids is 1. The molecular formula is C11H15NO2. The predicted octanol–water partition coefficient (Wildman–Crippen LogP) is 2.39. The Bertz CT molecular complexity index is 334. The highest BCUT2D eigenvalue weighted by atomic mass is 16.4. The Morgan fingerprint density at radius 2 is 2.00 bits per heavy atom. The van der Waals surface area contributed by atoms with Crippen LogP contribution < -0.4 is 0 Å². The summed E-state index contributed by atoms with van der Waals surface area (Å²) < 4.78 is 0. The number of pyridine rings is 1. The van der Waals surface area contributed by atoms with E-state index in [4.69, 9.17) is 5.11 Å². The molecule has 1 unspecified atom stereocenters. The number of nitrogens with zero attached hydrogens (tertiary/aromatic N) is 1. The molecule has 1 aromatic heterocycles. The van der Waals surface area contributed by atoms with Crippen LogP contribution in [0, 0.1) is 0 Å². The van der Waals surface area contributed by atoms with Crippen LogP contribution in [-0.4, -0.2) is 16.1 Å². The molecule has 1 rings (SSSR count). The fraction of sp³-hybridized carbons (Fsp3) is 0.455. The first-order chi connectivity index (χ1) is 6.54. The lowest BCUT2D eigenvalue weighted by Gasteiger charge is -2.14. The second-order valence-electron chi connectivity index (χ2n) is 3.72. The monoisotopic (exact) mass is 193 g/mol. The molecule has 1 N–H and O–H groups in total. The summed E-state index contributed by atoms with van der Waals surface area (Å²) in [4.78, 5) is 14.8. The molecule has 3 heteroatoms. The third-order valence-corrected chi connectivity index (χ3v) is 2.35. The molecule has 76 valence electrons. The van der Waals surface area contributed by atoms with Gasteiger partial charge >= 0.3 is 5.97 Å². The van der Waals surface area contributed by atoms with Gasteiger partial charge in [0.25, 0.3) is 0 Å². The summed E-state index contributed by atoms with van der Waals surface area (Å²) in [6.45, 7) is 5.78. The Labute approximate surface area is 83.8 Å². The third kappa shape index (κ3) is 2.10. The first kappa shape index (κ1) is 10.7. The summed E-state index contributed by atoms with van der Waals surface area (Å²) in [5.41, 5.74) is 1.88. The van der Waals surface area contributed by atoms with Gasteiger partial charge in [0.15, 0.2) is 0 Å². The van der Waals surface area contributed by atoms with Crippen molar-refractivity contribution in [2.24, 2.45) is 0 Å². The molecule has 1 heterocycles. The minimum atomic E-state index is -0.806. The molecule has 0 aliphatic heterocycles. The lowest BCUT2D eigenvalue weighted by molar-refractivity contribution is -0.138. The van der Waals surface area contributed by atoms with Crippen LogP contribution in [0.3, 0.4) is 0 Å². The molecule has 0 amide bonds. The van der Waals surface area contributed by atoms with Gasteiger partial charge in [-0.05, 0) is 30.0 Å². The van der Waals surface area contributed by atoms with E-state index in [1.165, 1.54) is 0 Å². The standard InChI is InChI=1S/C11H15NO2/c1-7(2)9-4-5-12-6-10(9)8(3)11(13)14/h4-8H,1-3H3,(H,13,14). The van der Waals surface area contributed by atoms with E-state index in [0.29, 0.717) is 5.92 Å². The van der Waals surface area contributed by atoms with Crippen molar-refractivity contribution in [2.45, 2.75) is 32.6 Å². The normalized spacial score (nSPS) is 12.9. The van der Waals surface area contributed by atoms with Crippen molar-refractivity contribution in [3.63, 3.8) is 0 Å². The topological polar surface area (TPSA) is 50.2 Å². The van der Waals surface area contributed by atoms with Crippen LogP contribution >= 0.6 is 0 Å². The molecule has 0 radical (unpaired) electrons. The van der Waals surface area contributed by atoms with Crippen molar-refractivity contribution in [1.29, 1.82) is 0 Å². The average molecular weight is 193 g/mol. The highest BCUT2D eigenvalue weighted by Crippen LogP contribution is 2.25. The Hall–Kier alpha value is -1.38. The maximum Gasteiger partial charge on any atom is 0.310 e. The molecule has 0 aliphatic rings. The maximum atomic E-state index is 10.8. The lowest BCUT2D eigenvalue weighted by Crippen LogP contribution is -2.11. The van der Waals surface area contributed by atoms with Crippen molar-refractivity contribution >= 4 is 5.97 Å². The molecule has 0 saturated carbocycles. The quantitative estimate of drug-likeness (QED) is 0.801. The zero-order valence-electron chi connectivity index (χ0n) is 8.69. The van der Waals surface area contributed by atoms with E-state index in [-0.39, 0.29) is 0 Å². The summed E-state index contributed by atoms with van der Waals surface area (Å²) in [5, 5.41) is 8.91. The number of aromatic nitrogens is 1. The molecular weight excluding hydrogens is 178 g/mol. The Morgan fingerprint density at radius 1 is 1.36 bits per heavy atom. The average Bonchev–Trinajstić information content (AvgIpc) is 2.16. The van der Waals surface area contributed by atoms with Gasteiger partial charge in [0.1, 0.15) is 0 Å². The van der Waals surface area contributed by atoms with Crippen LogP contribution in [0.2, 0.25) is 0 Å². The maximum absolute atomic E-state index is 10.8. The first-order valence-electron chi connectivity index (χ1n) is 4.70. The van der Waals surface area contributed by atoms with E-state index in [1.54, 1.807) is 19.3 Å². The van der Waals surface area contributed by atoms with Crippen LogP contribution in [0.5, 0.6) is 0 Å². The molecule has 0 aromatic carbocycles. The zero-order chi connectivity index (χ0) is 10.7. The molecule has 0 fully saturated rings. The van der Waals surface area contributed by atoms with E-state index in [0.717, 1.165) is 11.1 Å². The molecule has 0 bridgehead atoms. The van der Waals surface area contributed by atoms with Gasteiger partial charge in [-0.2, -0.15) is 0 Å². The van der Waals surface area contributed by atoms with Gasteiger partial charge in [0, 0.05) is 12.4 Å². The number of rotatable bonds is 3. The molecule has 3 nitrogen and oxygen atoms in total. The van der Waals surface area contributed by atoms with Gasteiger partial charge in [-0.1, -0.05) is 13.8 Å². The second-order valence-corrected chi connectivity index (χ2v) is 3.72. The largest absolute Gasteiger partial charge is 0.481 e. The van der Waals surface area contributed by atoms with Crippen LogP contribution in [0.1, 0.15) is 43.7 Å². The zero-order valence-corrected chi connectivity index (χ0v) is 8.69. The van der Waals surface area contributed by atoms with Gasteiger partial charge in [-0.15, -0.1) is 0 Å². The van der Waals surface area contributed by atoms with Crippen molar-refractivity contribution in [3.05, 3.63) is 29.6 Å². The summed E-state index contributed by atoms with van der Waals surface area (Å²) in [5.74, 6) is -0.962. The fourth-order valence-corrected chi connectivity index (χ4v) is 1.44. The third-order valence-electron chi connectivity index (χ3n) is 2.35. The second kappa shape index (κ2) is 4.22. The van der Waals surface area contributed by atoms with Crippen LogP contribution in [0.25, 0.3) is 0 Å². The molecule has 0 aliphatic carbocycles.